The second-order valence-corrected chi connectivity index (χ2v) is 7.14. The summed E-state index contributed by atoms with van der Waals surface area (Å²) in [4.78, 5) is 0.120. The number of rotatable bonds is 7. The summed E-state index contributed by atoms with van der Waals surface area (Å²) in [6.45, 7) is 0.104. The average Bonchev–Trinajstić information content (AvgIpc) is 2.54. The number of hydrogen-bond acceptors (Lipinski definition) is 4. The molecular formula is C16H18ClNO4S. The minimum absolute atomic E-state index is 0.104. The minimum Gasteiger partial charge on any atom is -0.497 e. The number of halogens is 1. The molecule has 23 heavy (non-hydrogen) atoms. The van der Waals surface area contributed by atoms with Crippen LogP contribution in [0.15, 0.2) is 53.4 Å². The van der Waals surface area contributed by atoms with Crippen molar-refractivity contribution in [1.29, 1.82) is 0 Å². The Morgan fingerprint density at radius 2 is 1.96 bits per heavy atom. The van der Waals surface area contributed by atoms with Crippen LogP contribution in [0.4, 0.5) is 0 Å². The third-order valence-corrected chi connectivity index (χ3v) is 4.99. The summed E-state index contributed by atoms with van der Waals surface area (Å²) < 4.78 is 31.9. The zero-order valence-corrected chi connectivity index (χ0v) is 14.1. The summed E-state index contributed by atoms with van der Waals surface area (Å²) >= 11 is 5.87. The van der Waals surface area contributed by atoms with Gasteiger partial charge >= 0.3 is 0 Å². The van der Waals surface area contributed by atoms with E-state index in [2.05, 4.69) is 4.72 Å². The van der Waals surface area contributed by atoms with Crippen LogP contribution in [0.2, 0.25) is 5.02 Å². The van der Waals surface area contributed by atoms with Gasteiger partial charge in [0, 0.05) is 17.6 Å². The molecule has 0 saturated carbocycles. The van der Waals surface area contributed by atoms with Crippen molar-refractivity contribution in [3.63, 3.8) is 0 Å². The Morgan fingerprint density at radius 3 is 2.65 bits per heavy atom. The molecule has 1 atom stereocenters. The van der Waals surface area contributed by atoms with E-state index < -0.39 is 16.1 Å². The van der Waals surface area contributed by atoms with Crippen molar-refractivity contribution in [3.8, 4) is 5.75 Å². The maximum absolute atomic E-state index is 12.2. The van der Waals surface area contributed by atoms with Crippen LogP contribution in [0.3, 0.4) is 0 Å². The maximum Gasteiger partial charge on any atom is 0.240 e. The van der Waals surface area contributed by atoms with Crippen molar-refractivity contribution in [1.82, 2.24) is 4.72 Å². The molecule has 5 nitrogen and oxygen atoms in total. The monoisotopic (exact) mass is 355 g/mol. The highest BCUT2D eigenvalue weighted by Gasteiger charge is 2.15. The van der Waals surface area contributed by atoms with Crippen molar-refractivity contribution in [2.75, 3.05) is 13.7 Å². The van der Waals surface area contributed by atoms with E-state index in [1.807, 2.05) is 0 Å². The fraction of sp³-hybridized carbons (Fsp3) is 0.250. The zero-order valence-electron chi connectivity index (χ0n) is 12.6. The minimum atomic E-state index is -3.65. The van der Waals surface area contributed by atoms with Gasteiger partial charge in [-0.25, -0.2) is 13.1 Å². The van der Waals surface area contributed by atoms with Crippen LogP contribution in [0, 0.1) is 0 Å². The van der Waals surface area contributed by atoms with E-state index >= 15 is 0 Å². The van der Waals surface area contributed by atoms with Gasteiger partial charge in [0.05, 0.1) is 18.1 Å². The molecule has 0 amide bonds. The lowest BCUT2D eigenvalue weighted by molar-refractivity contribution is 0.169. The van der Waals surface area contributed by atoms with Gasteiger partial charge in [0.2, 0.25) is 10.0 Å². The topological polar surface area (TPSA) is 75.6 Å². The van der Waals surface area contributed by atoms with Gasteiger partial charge in [0.15, 0.2) is 0 Å². The Bertz CT molecular complexity index is 764. The first-order valence-electron chi connectivity index (χ1n) is 6.99. The molecule has 0 bridgehead atoms. The Kier molecular flexibility index (Phi) is 6.01. The molecule has 0 aromatic heterocycles. The summed E-state index contributed by atoms with van der Waals surface area (Å²) in [7, 11) is -2.17. The molecule has 0 radical (unpaired) electrons. The summed E-state index contributed by atoms with van der Waals surface area (Å²) in [6.07, 6.45) is -0.550. The molecule has 0 fully saturated rings. The van der Waals surface area contributed by atoms with E-state index in [0.717, 1.165) is 0 Å². The van der Waals surface area contributed by atoms with Gasteiger partial charge in [0.1, 0.15) is 5.75 Å². The second-order valence-electron chi connectivity index (χ2n) is 4.94. The summed E-state index contributed by atoms with van der Waals surface area (Å²) in [5.41, 5.74) is 0.651. The van der Waals surface area contributed by atoms with Gasteiger partial charge < -0.3 is 9.84 Å². The number of benzene rings is 2. The van der Waals surface area contributed by atoms with E-state index in [1.54, 1.807) is 36.4 Å². The quantitative estimate of drug-likeness (QED) is 0.800. The molecule has 2 N–H and O–H groups in total. The Hall–Kier alpha value is -1.60. The number of sulfonamides is 1. The Morgan fingerprint density at radius 1 is 1.22 bits per heavy atom. The van der Waals surface area contributed by atoms with Crippen LogP contribution in [0.25, 0.3) is 0 Å². The lowest BCUT2D eigenvalue weighted by atomic mass is 10.1. The number of nitrogens with one attached hydrogen (secondary N) is 1. The van der Waals surface area contributed by atoms with Crippen molar-refractivity contribution in [2.24, 2.45) is 0 Å². The first-order chi connectivity index (χ1) is 10.9. The van der Waals surface area contributed by atoms with Gasteiger partial charge in [-0.1, -0.05) is 29.8 Å². The number of aliphatic hydroxyl groups excluding tert-OH is 1. The van der Waals surface area contributed by atoms with Gasteiger partial charge in [-0.05, 0) is 36.2 Å². The normalized spacial score (nSPS) is 12.8. The highest BCUT2D eigenvalue weighted by atomic mass is 35.5. The molecule has 0 heterocycles. The van der Waals surface area contributed by atoms with Crippen LogP contribution in [-0.2, 0) is 10.0 Å². The third-order valence-electron chi connectivity index (χ3n) is 3.29. The van der Waals surface area contributed by atoms with Gasteiger partial charge in [0.25, 0.3) is 0 Å². The summed E-state index contributed by atoms with van der Waals surface area (Å²) in [6, 6.07) is 13.0. The molecule has 2 rings (SSSR count). The average molecular weight is 356 g/mol. The third kappa shape index (κ3) is 4.94. The predicted octanol–water partition coefficient (Wildman–Crippen LogP) is 2.75. The molecule has 2 aromatic rings. The van der Waals surface area contributed by atoms with E-state index in [1.165, 1.54) is 19.2 Å². The van der Waals surface area contributed by atoms with Crippen LogP contribution < -0.4 is 9.46 Å². The fourth-order valence-corrected chi connectivity index (χ4v) is 3.34. The Labute approximate surface area is 140 Å². The zero-order chi connectivity index (χ0) is 16.9. The molecule has 0 aliphatic heterocycles. The highest BCUT2D eigenvalue weighted by Crippen LogP contribution is 2.21. The van der Waals surface area contributed by atoms with Crippen LogP contribution >= 0.6 is 11.6 Å². The molecule has 124 valence electrons. The molecule has 0 saturated heterocycles. The van der Waals surface area contributed by atoms with Gasteiger partial charge in [-0.3, -0.25) is 0 Å². The molecule has 0 unspecified atom stereocenters. The van der Waals surface area contributed by atoms with E-state index in [0.29, 0.717) is 16.3 Å². The van der Waals surface area contributed by atoms with Crippen molar-refractivity contribution < 1.29 is 18.3 Å². The van der Waals surface area contributed by atoms with Crippen molar-refractivity contribution in [2.45, 2.75) is 17.4 Å². The fourth-order valence-electron chi connectivity index (χ4n) is 2.06. The van der Waals surface area contributed by atoms with Gasteiger partial charge in [-0.2, -0.15) is 0 Å². The first-order valence-corrected chi connectivity index (χ1v) is 8.86. The number of aliphatic hydroxyl groups is 1. The van der Waals surface area contributed by atoms with E-state index in [4.69, 9.17) is 16.3 Å². The largest absolute Gasteiger partial charge is 0.497 e. The van der Waals surface area contributed by atoms with Crippen LogP contribution in [-0.4, -0.2) is 27.2 Å². The molecule has 0 spiro atoms. The standard InChI is InChI=1S/C16H18ClNO4S/c1-22-14-6-3-7-15(11-14)23(20,21)18-9-8-16(19)12-4-2-5-13(17)10-12/h2-7,10-11,16,18-19H,8-9H2,1H3/t16-/m1/s1. The Balaban J connectivity index is 1.97. The van der Waals surface area contributed by atoms with Crippen molar-refractivity contribution >= 4 is 21.6 Å². The number of methoxy groups -OCH3 is 1. The van der Waals surface area contributed by atoms with Crippen LogP contribution in [0.1, 0.15) is 18.1 Å². The highest BCUT2D eigenvalue weighted by molar-refractivity contribution is 7.89. The molecule has 2 aromatic carbocycles. The molecule has 0 aliphatic rings. The summed E-state index contributed by atoms with van der Waals surface area (Å²) in [5, 5.41) is 10.6. The second kappa shape index (κ2) is 7.79. The lowest BCUT2D eigenvalue weighted by Gasteiger charge is -2.12. The number of ether oxygens (including phenoxy) is 1. The van der Waals surface area contributed by atoms with E-state index in [9.17, 15) is 13.5 Å². The smallest absolute Gasteiger partial charge is 0.240 e. The molecule has 0 aliphatic carbocycles. The predicted molar refractivity (Wildman–Crippen MR) is 89.2 cm³/mol. The van der Waals surface area contributed by atoms with Crippen molar-refractivity contribution in [3.05, 3.63) is 59.1 Å². The SMILES string of the molecule is COc1cccc(S(=O)(=O)NCC[C@@H](O)c2cccc(Cl)c2)c1. The lowest BCUT2D eigenvalue weighted by Crippen LogP contribution is -2.26. The van der Waals surface area contributed by atoms with Gasteiger partial charge in [-0.15, -0.1) is 0 Å². The maximum atomic E-state index is 12.2. The molecule has 7 heteroatoms. The number of hydrogen-bond donors (Lipinski definition) is 2. The molecular weight excluding hydrogens is 338 g/mol. The summed E-state index contributed by atoms with van der Waals surface area (Å²) in [5.74, 6) is 0.465. The van der Waals surface area contributed by atoms with Crippen LogP contribution in [0.5, 0.6) is 5.75 Å². The van der Waals surface area contributed by atoms with E-state index in [-0.39, 0.29) is 17.9 Å². The first kappa shape index (κ1) is 17.7.